The zero-order chi connectivity index (χ0) is 13.2. The molecule has 3 unspecified atom stereocenters. The Bertz CT molecular complexity index is 485. The minimum Gasteiger partial charge on any atom is -0.460 e. The zero-order valence-electron chi connectivity index (χ0n) is 10.7. The van der Waals surface area contributed by atoms with Gasteiger partial charge in [-0.05, 0) is 31.5 Å². The van der Waals surface area contributed by atoms with Crippen molar-refractivity contribution in [1.29, 1.82) is 0 Å². The van der Waals surface area contributed by atoms with Crippen LogP contribution in [0.4, 0.5) is 0 Å². The van der Waals surface area contributed by atoms with Gasteiger partial charge in [-0.1, -0.05) is 18.2 Å². The Labute approximate surface area is 112 Å². The van der Waals surface area contributed by atoms with E-state index in [1.807, 2.05) is 18.2 Å². The van der Waals surface area contributed by atoms with Crippen molar-refractivity contribution in [1.82, 2.24) is 4.90 Å². The molecule has 3 saturated heterocycles. The van der Waals surface area contributed by atoms with Gasteiger partial charge in [-0.15, -0.1) is 0 Å². The quantitative estimate of drug-likeness (QED) is 0.772. The number of fused-ring (bicyclic) bond motifs is 3. The van der Waals surface area contributed by atoms with Crippen LogP contribution in [0, 0.1) is 5.92 Å². The van der Waals surface area contributed by atoms with Gasteiger partial charge >= 0.3 is 5.97 Å². The fraction of sp³-hybridized carbons (Fsp3) is 0.467. The molecule has 0 aliphatic carbocycles. The molecule has 3 aliphatic rings. The van der Waals surface area contributed by atoms with Crippen LogP contribution in [0.3, 0.4) is 0 Å². The van der Waals surface area contributed by atoms with Crippen LogP contribution in [0.5, 0.6) is 0 Å². The third kappa shape index (κ3) is 2.54. The first-order valence-corrected chi connectivity index (χ1v) is 6.73. The number of carbonyl (C=O) groups excluding carboxylic acids is 2. The molecule has 3 heterocycles. The molecule has 1 aromatic carbocycles. The van der Waals surface area contributed by atoms with Crippen LogP contribution in [0.25, 0.3) is 0 Å². The Balaban J connectivity index is 1.56. The van der Waals surface area contributed by atoms with Crippen LogP contribution in [0.2, 0.25) is 0 Å². The highest BCUT2D eigenvalue weighted by Crippen LogP contribution is 2.29. The van der Waals surface area contributed by atoms with Gasteiger partial charge in [0.2, 0.25) is 0 Å². The average Bonchev–Trinajstić information content (AvgIpc) is 2.46. The van der Waals surface area contributed by atoms with Gasteiger partial charge in [0.05, 0.1) is 12.1 Å². The number of hydrogen-bond donors (Lipinski definition) is 0. The minimum absolute atomic E-state index is 0.186. The van der Waals surface area contributed by atoms with Gasteiger partial charge in [-0.2, -0.15) is 0 Å². The summed E-state index contributed by atoms with van der Waals surface area (Å²) >= 11 is 0. The highest BCUT2D eigenvalue weighted by atomic mass is 16.5. The predicted octanol–water partition coefficient (Wildman–Crippen LogP) is 1.51. The van der Waals surface area contributed by atoms with E-state index in [2.05, 4.69) is 4.90 Å². The van der Waals surface area contributed by atoms with Crippen molar-refractivity contribution in [2.45, 2.75) is 18.9 Å². The normalized spacial score (nSPS) is 29.3. The first-order chi connectivity index (χ1) is 9.24. The zero-order valence-corrected chi connectivity index (χ0v) is 10.7. The van der Waals surface area contributed by atoms with E-state index in [4.69, 9.17) is 4.74 Å². The van der Waals surface area contributed by atoms with Crippen molar-refractivity contribution in [3.63, 3.8) is 0 Å². The van der Waals surface area contributed by atoms with E-state index >= 15 is 0 Å². The Morgan fingerprint density at radius 1 is 1.32 bits per heavy atom. The van der Waals surface area contributed by atoms with Crippen molar-refractivity contribution in [2.24, 2.45) is 5.92 Å². The van der Waals surface area contributed by atoms with Crippen LogP contribution in [-0.4, -0.2) is 42.4 Å². The molecule has 4 nitrogen and oxygen atoms in total. The maximum Gasteiger partial charge on any atom is 0.338 e. The highest BCUT2D eigenvalue weighted by molar-refractivity contribution is 5.89. The number of carbonyl (C=O) groups is 2. The Hall–Kier alpha value is -1.68. The van der Waals surface area contributed by atoms with Gasteiger partial charge in [0.15, 0.2) is 0 Å². The van der Waals surface area contributed by atoms with Gasteiger partial charge < -0.3 is 4.74 Å². The summed E-state index contributed by atoms with van der Waals surface area (Å²) in [4.78, 5) is 25.6. The number of hydrogen-bond acceptors (Lipinski definition) is 4. The number of rotatable bonds is 3. The van der Waals surface area contributed by atoms with E-state index in [0.29, 0.717) is 24.5 Å². The van der Waals surface area contributed by atoms with Gasteiger partial charge in [0.25, 0.3) is 0 Å². The van der Waals surface area contributed by atoms with Gasteiger partial charge in [0, 0.05) is 12.0 Å². The average molecular weight is 259 g/mol. The molecule has 3 fully saturated rings. The van der Waals surface area contributed by atoms with Crippen LogP contribution < -0.4 is 0 Å². The fourth-order valence-electron chi connectivity index (χ4n) is 2.93. The molecule has 3 atom stereocenters. The van der Waals surface area contributed by atoms with Crippen molar-refractivity contribution in [3.05, 3.63) is 35.9 Å². The SMILES string of the molecule is O=C(OCC1CC2CCN1CC2=O)c1ccccc1. The number of ether oxygens (including phenoxy) is 1. The minimum atomic E-state index is -0.283. The Morgan fingerprint density at radius 3 is 2.74 bits per heavy atom. The summed E-state index contributed by atoms with van der Waals surface area (Å²) in [6, 6.07) is 9.22. The van der Waals surface area contributed by atoms with E-state index in [9.17, 15) is 9.59 Å². The number of ketones is 1. The molecule has 3 aliphatic heterocycles. The van der Waals surface area contributed by atoms with Crippen LogP contribution in [0.1, 0.15) is 23.2 Å². The number of Topliss-reactive ketones (excluding diaryl/α,β-unsaturated/α-hetero) is 1. The number of piperidine rings is 3. The molecule has 4 heteroatoms. The molecule has 0 saturated carbocycles. The molecular formula is C15H17NO3. The van der Waals surface area contributed by atoms with Gasteiger partial charge in [-0.3, -0.25) is 9.69 Å². The lowest BCUT2D eigenvalue weighted by Gasteiger charge is -2.43. The molecule has 4 rings (SSSR count). The second kappa shape index (κ2) is 5.13. The summed E-state index contributed by atoms with van der Waals surface area (Å²) in [6.07, 6.45) is 1.79. The molecule has 0 N–H and O–H groups in total. The second-order valence-electron chi connectivity index (χ2n) is 5.28. The number of esters is 1. The van der Waals surface area contributed by atoms with Crippen molar-refractivity contribution in [2.75, 3.05) is 19.7 Å². The Morgan fingerprint density at radius 2 is 2.11 bits per heavy atom. The van der Waals surface area contributed by atoms with E-state index in [0.717, 1.165) is 19.4 Å². The summed E-state index contributed by atoms with van der Waals surface area (Å²) in [5.41, 5.74) is 0.578. The van der Waals surface area contributed by atoms with Crippen molar-refractivity contribution in [3.8, 4) is 0 Å². The lowest BCUT2D eigenvalue weighted by atomic mass is 9.82. The van der Waals surface area contributed by atoms with Crippen molar-refractivity contribution >= 4 is 11.8 Å². The molecule has 0 aromatic heterocycles. The number of benzene rings is 1. The molecule has 19 heavy (non-hydrogen) atoms. The molecule has 100 valence electrons. The van der Waals surface area contributed by atoms with Crippen LogP contribution in [0.15, 0.2) is 30.3 Å². The smallest absolute Gasteiger partial charge is 0.338 e. The molecule has 0 spiro atoms. The third-order valence-corrected chi connectivity index (χ3v) is 4.07. The van der Waals surface area contributed by atoms with E-state index in [1.54, 1.807) is 12.1 Å². The maximum atomic E-state index is 11.9. The summed E-state index contributed by atoms with van der Waals surface area (Å²) in [6.45, 7) is 1.86. The standard InChI is InChI=1S/C15H17NO3/c17-14-9-16-7-6-12(14)8-13(16)10-19-15(18)11-4-2-1-3-5-11/h1-5,12-13H,6-10H2. The van der Waals surface area contributed by atoms with Crippen molar-refractivity contribution < 1.29 is 14.3 Å². The van der Waals surface area contributed by atoms with Gasteiger partial charge in [-0.25, -0.2) is 4.79 Å². The largest absolute Gasteiger partial charge is 0.460 e. The van der Waals surface area contributed by atoms with E-state index in [1.165, 1.54) is 0 Å². The maximum absolute atomic E-state index is 11.9. The molecular weight excluding hydrogens is 242 g/mol. The molecule has 2 bridgehead atoms. The highest BCUT2D eigenvalue weighted by Gasteiger charge is 2.39. The van der Waals surface area contributed by atoms with E-state index < -0.39 is 0 Å². The monoisotopic (exact) mass is 259 g/mol. The third-order valence-electron chi connectivity index (χ3n) is 4.07. The topological polar surface area (TPSA) is 46.6 Å². The number of nitrogens with zero attached hydrogens (tertiary/aromatic N) is 1. The van der Waals surface area contributed by atoms with Crippen LogP contribution in [-0.2, 0) is 9.53 Å². The molecule has 0 amide bonds. The molecule has 0 radical (unpaired) electrons. The van der Waals surface area contributed by atoms with E-state index in [-0.39, 0.29) is 17.9 Å². The first-order valence-electron chi connectivity index (χ1n) is 6.73. The molecule has 1 aromatic rings. The summed E-state index contributed by atoms with van der Waals surface area (Å²) < 4.78 is 5.36. The lowest BCUT2D eigenvalue weighted by Crippen LogP contribution is -2.55. The summed E-state index contributed by atoms with van der Waals surface area (Å²) in [7, 11) is 0. The first kappa shape index (κ1) is 12.4. The fourth-order valence-corrected chi connectivity index (χ4v) is 2.93. The summed E-state index contributed by atoms with van der Waals surface area (Å²) in [5.74, 6) is 0.247. The van der Waals surface area contributed by atoms with Crippen LogP contribution >= 0.6 is 0 Å². The summed E-state index contributed by atoms with van der Waals surface area (Å²) in [5, 5.41) is 0. The predicted molar refractivity (Wildman–Crippen MR) is 69.8 cm³/mol. The lowest BCUT2D eigenvalue weighted by molar-refractivity contribution is -0.134. The Kier molecular flexibility index (Phi) is 3.34. The second-order valence-corrected chi connectivity index (χ2v) is 5.28. The van der Waals surface area contributed by atoms with Gasteiger partial charge in [0.1, 0.15) is 12.4 Å².